The number of benzene rings is 1. The lowest BCUT2D eigenvalue weighted by Crippen LogP contribution is -2.37. The molecule has 0 bridgehead atoms. The Bertz CT molecular complexity index is 558. The first-order valence-corrected chi connectivity index (χ1v) is 7.31. The first-order chi connectivity index (χ1) is 8.29. The van der Waals surface area contributed by atoms with Crippen LogP contribution in [0.2, 0.25) is 0 Å². The molecule has 0 saturated heterocycles. The molecule has 0 spiro atoms. The van der Waals surface area contributed by atoms with Gasteiger partial charge in [0.15, 0.2) is 0 Å². The molecule has 0 aliphatic heterocycles. The highest BCUT2D eigenvalue weighted by Crippen LogP contribution is 2.20. The lowest BCUT2D eigenvalue weighted by molar-refractivity contribution is 0.594. The lowest BCUT2D eigenvalue weighted by atomic mass is 10.2. The minimum atomic E-state index is -3.75. The molecule has 1 aromatic carbocycles. The number of hydrogen-bond acceptors (Lipinski definition) is 3. The fourth-order valence-electron chi connectivity index (χ4n) is 1.52. The Labute approximate surface area is 111 Å². The van der Waals surface area contributed by atoms with Gasteiger partial charge in [0.2, 0.25) is 10.0 Å². The molecule has 0 heterocycles. The maximum absolute atomic E-state index is 13.3. The minimum Gasteiger partial charge on any atom is -0.392 e. The van der Waals surface area contributed by atoms with E-state index < -0.39 is 21.1 Å². The van der Waals surface area contributed by atoms with E-state index in [0.29, 0.717) is 0 Å². The molecule has 0 amide bonds. The van der Waals surface area contributed by atoms with Crippen LogP contribution in [0, 0.1) is 12.7 Å². The molecule has 1 aromatic rings. The van der Waals surface area contributed by atoms with Gasteiger partial charge in [-0.1, -0.05) is 25.2 Å². The van der Waals surface area contributed by atoms with E-state index in [-0.39, 0.29) is 22.7 Å². The number of halogens is 1. The third-order valence-corrected chi connectivity index (χ3v) is 4.86. The van der Waals surface area contributed by atoms with Gasteiger partial charge in [0.1, 0.15) is 11.1 Å². The number of rotatable bonds is 5. The summed E-state index contributed by atoms with van der Waals surface area (Å²) in [5, 5.41) is -0.963. The van der Waals surface area contributed by atoms with E-state index in [2.05, 4.69) is 4.72 Å². The zero-order valence-corrected chi connectivity index (χ0v) is 11.7. The van der Waals surface area contributed by atoms with Crippen molar-refractivity contribution in [2.24, 2.45) is 5.73 Å². The molecule has 4 nitrogen and oxygen atoms in total. The first kappa shape index (κ1) is 14.8. The van der Waals surface area contributed by atoms with Gasteiger partial charge in [0, 0.05) is 5.56 Å². The van der Waals surface area contributed by atoms with Crippen LogP contribution in [0.3, 0.4) is 0 Å². The summed E-state index contributed by atoms with van der Waals surface area (Å²) < 4.78 is 39.7. The van der Waals surface area contributed by atoms with Crippen molar-refractivity contribution in [3.8, 4) is 0 Å². The number of hydrogen-bond donors (Lipinski definition) is 2. The third kappa shape index (κ3) is 3.17. The van der Waals surface area contributed by atoms with Gasteiger partial charge in [-0.15, -0.1) is 0 Å². The van der Waals surface area contributed by atoms with Crippen LogP contribution < -0.4 is 10.5 Å². The van der Waals surface area contributed by atoms with Gasteiger partial charge in [-0.3, -0.25) is 4.72 Å². The Balaban J connectivity index is 3.10. The molecule has 1 rings (SSSR count). The van der Waals surface area contributed by atoms with Crippen molar-refractivity contribution in [3.63, 3.8) is 0 Å². The molecule has 1 atom stereocenters. The van der Waals surface area contributed by atoms with Gasteiger partial charge in [0.25, 0.3) is 0 Å². The Morgan fingerprint density at radius 2 is 2.17 bits per heavy atom. The summed E-state index contributed by atoms with van der Waals surface area (Å²) in [6.45, 7) is 3.16. The summed E-state index contributed by atoms with van der Waals surface area (Å²) in [5.74, 6) is -0.474. The topological polar surface area (TPSA) is 72.2 Å². The number of nitrogens with two attached hydrogens (primary N) is 1. The first-order valence-electron chi connectivity index (χ1n) is 5.35. The minimum absolute atomic E-state index is 0.0981. The maximum Gasteiger partial charge on any atom is 0.242 e. The molecule has 0 radical (unpaired) electrons. The van der Waals surface area contributed by atoms with E-state index in [9.17, 15) is 12.8 Å². The average molecular weight is 290 g/mol. The van der Waals surface area contributed by atoms with E-state index in [1.807, 2.05) is 0 Å². The Hall–Kier alpha value is -1.21. The molecular weight excluding hydrogens is 275 g/mol. The van der Waals surface area contributed by atoms with Crippen LogP contribution >= 0.6 is 12.2 Å². The summed E-state index contributed by atoms with van der Waals surface area (Å²) in [7, 11) is -3.75. The average Bonchev–Trinajstić information content (AvgIpc) is 2.24. The monoisotopic (exact) mass is 290 g/mol. The van der Waals surface area contributed by atoms with Crippen molar-refractivity contribution < 1.29 is 12.8 Å². The number of nitrogens with one attached hydrogen (secondary N) is 1. The van der Waals surface area contributed by atoms with E-state index in [4.69, 9.17) is 18.0 Å². The molecule has 1 unspecified atom stereocenters. The quantitative estimate of drug-likeness (QED) is 0.813. The van der Waals surface area contributed by atoms with Crippen LogP contribution in [0.4, 0.5) is 10.1 Å². The molecular formula is C11H15FN2O2S2. The van der Waals surface area contributed by atoms with Crippen LogP contribution in [0.5, 0.6) is 0 Å². The highest BCUT2D eigenvalue weighted by Gasteiger charge is 2.27. The molecule has 7 heteroatoms. The van der Waals surface area contributed by atoms with Gasteiger partial charge >= 0.3 is 0 Å². The Morgan fingerprint density at radius 1 is 1.56 bits per heavy atom. The summed E-state index contributed by atoms with van der Waals surface area (Å²) in [6, 6.07) is 4.18. The summed E-state index contributed by atoms with van der Waals surface area (Å²) in [6.07, 6.45) is 0.263. The molecule has 0 aliphatic carbocycles. The van der Waals surface area contributed by atoms with Crippen molar-refractivity contribution >= 4 is 32.9 Å². The van der Waals surface area contributed by atoms with Crippen molar-refractivity contribution in [2.45, 2.75) is 25.5 Å². The second-order valence-electron chi connectivity index (χ2n) is 3.86. The van der Waals surface area contributed by atoms with E-state index in [1.165, 1.54) is 25.1 Å². The van der Waals surface area contributed by atoms with Crippen molar-refractivity contribution in [3.05, 3.63) is 29.6 Å². The Morgan fingerprint density at radius 3 is 2.67 bits per heavy atom. The lowest BCUT2D eigenvalue weighted by Gasteiger charge is -2.17. The second-order valence-corrected chi connectivity index (χ2v) is 6.19. The summed E-state index contributed by atoms with van der Waals surface area (Å²) in [4.78, 5) is -0.0981. The predicted molar refractivity (Wildman–Crippen MR) is 74.5 cm³/mol. The maximum atomic E-state index is 13.3. The van der Waals surface area contributed by atoms with E-state index in [1.54, 1.807) is 6.92 Å². The zero-order valence-electron chi connectivity index (χ0n) is 10.1. The van der Waals surface area contributed by atoms with Gasteiger partial charge in [0.05, 0.1) is 10.7 Å². The Kier molecular flexibility index (Phi) is 4.64. The second kappa shape index (κ2) is 5.62. The van der Waals surface area contributed by atoms with E-state index in [0.717, 1.165) is 0 Å². The number of thiocarbonyl (C=S) groups is 1. The molecule has 3 N–H and O–H groups in total. The summed E-state index contributed by atoms with van der Waals surface area (Å²) in [5.41, 5.74) is 5.83. The van der Waals surface area contributed by atoms with Crippen LogP contribution in [-0.2, 0) is 10.0 Å². The molecule has 100 valence electrons. The third-order valence-electron chi connectivity index (χ3n) is 2.58. The smallest absolute Gasteiger partial charge is 0.242 e. The van der Waals surface area contributed by atoms with Gasteiger partial charge in [-0.2, -0.15) is 0 Å². The van der Waals surface area contributed by atoms with Gasteiger partial charge in [-0.25, -0.2) is 12.8 Å². The van der Waals surface area contributed by atoms with Crippen LogP contribution in [0.1, 0.15) is 18.9 Å². The van der Waals surface area contributed by atoms with Gasteiger partial charge in [-0.05, 0) is 25.5 Å². The molecule has 18 heavy (non-hydrogen) atoms. The van der Waals surface area contributed by atoms with Crippen LogP contribution in [0.15, 0.2) is 18.2 Å². The van der Waals surface area contributed by atoms with E-state index >= 15 is 0 Å². The highest BCUT2D eigenvalue weighted by atomic mass is 32.2. The van der Waals surface area contributed by atoms with Crippen LogP contribution in [0.25, 0.3) is 0 Å². The number of anilines is 1. The SMILES string of the molecule is CCC(C(N)=S)S(=O)(=O)Nc1cccc(F)c1C. The van der Waals surface area contributed by atoms with Crippen LogP contribution in [-0.4, -0.2) is 18.7 Å². The highest BCUT2D eigenvalue weighted by molar-refractivity contribution is 7.95. The fraction of sp³-hybridized carbons (Fsp3) is 0.364. The fourth-order valence-corrected chi connectivity index (χ4v) is 3.48. The van der Waals surface area contributed by atoms with Crippen molar-refractivity contribution in [2.75, 3.05) is 4.72 Å². The number of sulfonamides is 1. The van der Waals surface area contributed by atoms with Crippen molar-refractivity contribution in [1.82, 2.24) is 0 Å². The molecule has 0 saturated carbocycles. The van der Waals surface area contributed by atoms with Crippen molar-refractivity contribution in [1.29, 1.82) is 0 Å². The predicted octanol–water partition coefficient (Wildman–Crippen LogP) is 1.94. The van der Waals surface area contributed by atoms with Gasteiger partial charge < -0.3 is 5.73 Å². The standard InChI is InChI=1S/C11H15FN2O2S2/c1-3-10(11(13)17)18(15,16)14-9-6-4-5-8(12)7(9)2/h4-6,10,14H,3H2,1-2H3,(H2,13,17). The molecule has 0 aliphatic rings. The molecule has 0 fully saturated rings. The normalized spacial score (nSPS) is 13.1. The zero-order chi connectivity index (χ0) is 13.9. The summed E-state index contributed by atoms with van der Waals surface area (Å²) >= 11 is 4.72. The molecule has 0 aromatic heterocycles. The largest absolute Gasteiger partial charge is 0.392 e.